The van der Waals surface area contributed by atoms with Crippen molar-refractivity contribution in [2.75, 3.05) is 25.1 Å². The Morgan fingerprint density at radius 3 is 2.78 bits per heavy atom. The fraction of sp³-hybridized carbons (Fsp3) is 0.368. The van der Waals surface area contributed by atoms with Gasteiger partial charge in [0.05, 0.1) is 25.0 Å². The Labute approximate surface area is 157 Å². The zero-order chi connectivity index (χ0) is 18.6. The van der Waals surface area contributed by atoms with E-state index in [-0.39, 0.29) is 12.6 Å². The SMILES string of the molecule is CNCc1ccc(-c2nnc(-c3cncc(N4CCC[C@@H]4CO)n3)o2)cc1. The summed E-state index contributed by atoms with van der Waals surface area (Å²) < 4.78 is 5.82. The third-order valence-corrected chi connectivity index (χ3v) is 4.73. The molecule has 0 saturated carbocycles. The molecule has 2 N–H and O–H groups in total. The molecule has 1 aliphatic rings. The molecule has 1 atom stereocenters. The van der Waals surface area contributed by atoms with E-state index in [1.807, 2.05) is 31.3 Å². The molecule has 0 radical (unpaired) electrons. The van der Waals surface area contributed by atoms with E-state index in [4.69, 9.17) is 4.42 Å². The molecule has 3 heterocycles. The van der Waals surface area contributed by atoms with Crippen molar-refractivity contribution in [1.82, 2.24) is 25.5 Å². The molecule has 0 aliphatic carbocycles. The largest absolute Gasteiger partial charge is 0.415 e. The molecule has 140 valence electrons. The van der Waals surface area contributed by atoms with Gasteiger partial charge in [0.25, 0.3) is 5.89 Å². The van der Waals surface area contributed by atoms with Gasteiger partial charge in [-0.1, -0.05) is 12.1 Å². The second-order valence-corrected chi connectivity index (χ2v) is 6.57. The van der Waals surface area contributed by atoms with Crippen molar-refractivity contribution >= 4 is 5.82 Å². The molecule has 0 amide bonds. The van der Waals surface area contributed by atoms with Crippen LogP contribution >= 0.6 is 0 Å². The van der Waals surface area contributed by atoms with Crippen LogP contribution in [0.5, 0.6) is 0 Å². The quantitative estimate of drug-likeness (QED) is 0.682. The molecule has 1 fully saturated rings. The van der Waals surface area contributed by atoms with Crippen molar-refractivity contribution in [1.29, 1.82) is 0 Å². The first-order chi connectivity index (χ1) is 13.3. The Kier molecular flexibility index (Phi) is 5.08. The maximum Gasteiger partial charge on any atom is 0.268 e. The lowest BCUT2D eigenvalue weighted by molar-refractivity contribution is 0.266. The van der Waals surface area contributed by atoms with Crippen LogP contribution in [0.25, 0.3) is 23.0 Å². The van der Waals surface area contributed by atoms with E-state index in [0.29, 0.717) is 17.5 Å². The van der Waals surface area contributed by atoms with Crippen LogP contribution < -0.4 is 10.2 Å². The van der Waals surface area contributed by atoms with Crippen LogP contribution in [0, 0.1) is 0 Å². The highest BCUT2D eigenvalue weighted by Crippen LogP contribution is 2.27. The second-order valence-electron chi connectivity index (χ2n) is 6.57. The number of rotatable bonds is 6. The fourth-order valence-electron chi connectivity index (χ4n) is 3.34. The zero-order valence-corrected chi connectivity index (χ0v) is 15.2. The first-order valence-electron chi connectivity index (χ1n) is 9.06. The summed E-state index contributed by atoms with van der Waals surface area (Å²) in [4.78, 5) is 11.0. The molecule has 8 heteroatoms. The lowest BCUT2D eigenvalue weighted by atomic mass is 10.1. The van der Waals surface area contributed by atoms with E-state index in [2.05, 4.69) is 30.4 Å². The van der Waals surface area contributed by atoms with Crippen LogP contribution in [-0.2, 0) is 6.54 Å². The molecule has 3 aromatic rings. The van der Waals surface area contributed by atoms with Gasteiger partial charge < -0.3 is 19.7 Å². The lowest BCUT2D eigenvalue weighted by Crippen LogP contribution is -2.32. The monoisotopic (exact) mass is 366 g/mol. The van der Waals surface area contributed by atoms with Crippen LogP contribution in [0.1, 0.15) is 18.4 Å². The van der Waals surface area contributed by atoms with E-state index >= 15 is 0 Å². The van der Waals surface area contributed by atoms with E-state index in [0.717, 1.165) is 37.3 Å². The summed E-state index contributed by atoms with van der Waals surface area (Å²) >= 11 is 0. The Balaban J connectivity index is 1.57. The zero-order valence-electron chi connectivity index (χ0n) is 15.2. The molecule has 27 heavy (non-hydrogen) atoms. The van der Waals surface area contributed by atoms with Crippen molar-refractivity contribution in [3.63, 3.8) is 0 Å². The van der Waals surface area contributed by atoms with Crippen LogP contribution in [0.15, 0.2) is 41.1 Å². The fourth-order valence-corrected chi connectivity index (χ4v) is 3.34. The number of benzene rings is 1. The Morgan fingerprint density at radius 1 is 1.19 bits per heavy atom. The molecule has 8 nitrogen and oxygen atoms in total. The van der Waals surface area contributed by atoms with Gasteiger partial charge >= 0.3 is 0 Å². The normalized spacial score (nSPS) is 16.8. The van der Waals surface area contributed by atoms with Crippen LogP contribution in [0.4, 0.5) is 5.82 Å². The molecule has 0 bridgehead atoms. The van der Waals surface area contributed by atoms with E-state index in [9.17, 15) is 5.11 Å². The summed E-state index contributed by atoms with van der Waals surface area (Å²) in [5.74, 6) is 1.50. The van der Waals surface area contributed by atoms with Gasteiger partial charge in [-0.25, -0.2) is 4.98 Å². The number of aliphatic hydroxyl groups is 1. The molecule has 2 aromatic heterocycles. The average Bonchev–Trinajstić information content (AvgIpc) is 3.38. The molecule has 1 saturated heterocycles. The average molecular weight is 366 g/mol. The topological polar surface area (TPSA) is 100 Å². The summed E-state index contributed by atoms with van der Waals surface area (Å²) in [7, 11) is 1.91. The van der Waals surface area contributed by atoms with Gasteiger partial charge in [0.15, 0.2) is 0 Å². The number of anilines is 1. The van der Waals surface area contributed by atoms with Gasteiger partial charge in [0, 0.05) is 18.7 Å². The minimum absolute atomic E-state index is 0.0870. The summed E-state index contributed by atoms with van der Waals surface area (Å²) in [5.41, 5.74) is 2.57. The third kappa shape index (κ3) is 3.67. The molecule has 1 aromatic carbocycles. The molecule has 4 rings (SSSR count). The number of nitrogens with one attached hydrogen (secondary N) is 1. The smallest absolute Gasteiger partial charge is 0.268 e. The van der Waals surface area contributed by atoms with Crippen molar-refractivity contribution in [3.8, 4) is 23.0 Å². The number of aromatic nitrogens is 4. The number of hydrogen-bond acceptors (Lipinski definition) is 8. The predicted molar refractivity (Wildman–Crippen MR) is 101 cm³/mol. The van der Waals surface area contributed by atoms with E-state index in [1.54, 1.807) is 12.4 Å². The summed E-state index contributed by atoms with van der Waals surface area (Å²) in [6.07, 6.45) is 5.30. The summed E-state index contributed by atoms with van der Waals surface area (Å²) in [5, 5.41) is 20.9. The highest BCUT2D eigenvalue weighted by molar-refractivity contribution is 5.57. The van der Waals surface area contributed by atoms with Crippen molar-refractivity contribution in [3.05, 3.63) is 42.2 Å². The van der Waals surface area contributed by atoms with E-state index in [1.165, 1.54) is 5.56 Å². The van der Waals surface area contributed by atoms with Crippen LogP contribution in [0.2, 0.25) is 0 Å². The number of hydrogen-bond donors (Lipinski definition) is 2. The maximum absolute atomic E-state index is 9.53. The Bertz CT molecular complexity index is 895. The standard InChI is InChI=1S/C19H22N6O2/c1-20-9-13-4-6-14(7-5-13)18-23-24-19(27-18)16-10-21-11-17(22-16)25-8-2-3-15(25)12-26/h4-7,10-11,15,20,26H,2-3,8-9,12H2,1H3/t15-/m1/s1. The lowest BCUT2D eigenvalue weighted by Gasteiger charge is -2.23. The molecule has 1 aliphatic heterocycles. The second kappa shape index (κ2) is 7.81. The number of aliphatic hydroxyl groups excluding tert-OH is 1. The van der Waals surface area contributed by atoms with Crippen molar-refractivity contribution in [2.45, 2.75) is 25.4 Å². The maximum atomic E-state index is 9.53. The van der Waals surface area contributed by atoms with Gasteiger partial charge in [-0.2, -0.15) is 0 Å². The van der Waals surface area contributed by atoms with E-state index < -0.39 is 0 Å². The minimum atomic E-state index is 0.0870. The molecular weight excluding hydrogens is 344 g/mol. The van der Waals surface area contributed by atoms with Gasteiger partial charge in [0.1, 0.15) is 11.5 Å². The minimum Gasteiger partial charge on any atom is -0.415 e. The summed E-state index contributed by atoms with van der Waals surface area (Å²) in [6.45, 7) is 1.78. The van der Waals surface area contributed by atoms with Gasteiger partial charge in [-0.15, -0.1) is 10.2 Å². The van der Waals surface area contributed by atoms with Crippen LogP contribution in [0.3, 0.4) is 0 Å². The van der Waals surface area contributed by atoms with Crippen molar-refractivity contribution < 1.29 is 9.52 Å². The first kappa shape index (κ1) is 17.6. The number of nitrogens with zero attached hydrogens (tertiary/aromatic N) is 5. The Morgan fingerprint density at radius 2 is 2.00 bits per heavy atom. The highest BCUT2D eigenvalue weighted by atomic mass is 16.4. The molecule has 0 spiro atoms. The van der Waals surface area contributed by atoms with Gasteiger partial charge in [0.2, 0.25) is 5.89 Å². The van der Waals surface area contributed by atoms with Crippen LogP contribution in [-0.4, -0.2) is 51.5 Å². The molecule has 0 unspecified atom stereocenters. The first-order valence-corrected chi connectivity index (χ1v) is 9.06. The third-order valence-electron chi connectivity index (χ3n) is 4.73. The highest BCUT2D eigenvalue weighted by Gasteiger charge is 2.25. The van der Waals surface area contributed by atoms with Gasteiger partial charge in [-0.05, 0) is 37.6 Å². The Hall–Kier alpha value is -2.84. The molecular formula is C19H22N6O2. The summed E-state index contributed by atoms with van der Waals surface area (Å²) in [6, 6.07) is 8.06. The van der Waals surface area contributed by atoms with Gasteiger partial charge in [-0.3, -0.25) is 4.98 Å². The van der Waals surface area contributed by atoms with Crippen molar-refractivity contribution in [2.24, 2.45) is 0 Å². The predicted octanol–water partition coefficient (Wildman–Crippen LogP) is 1.87.